The normalized spacial score (nSPS) is 11.5. The molecule has 110 valence electrons. The van der Waals surface area contributed by atoms with Crippen molar-refractivity contribution < 1.29 is 8.83 Å². The van der Waals surface area contributed by atoms with Gasteiger partial charge in [-0.05, 0) is 48.5 Å². The highest BCUT2D eigenvalue weighted by molar-refractivity contribution is 9.10. The van der Waals surface area contributed by atoms with Gasteiger partial charge >= 0.3 is 0 Å². The second kappa shape index (κ2) is 5.60. The number of rotatable bonds is 3. The fourth-order valence-corrected chi connectivity index (χ4v) is 3.39. The maximum absolute atomic E-state index is 5.87. The van der Waals surface area contributed by atoms with Crippen LogP contribution in [0.3, 0.4) is 0 Å². The molecule has 0 amide bonds. The SMILES string of the molecule is Brc1ccc2oc(CCc3cc4cc(Br)ccc4o3)cc2c1. The van der Waals surface area contributed by atoms with Gasteiger partial charge in [-0.3, -0.25) is 0 Å². The summed E-state index contributed by atoms with van der Waals surface area (Å²) in [7, 11) is 0. The number of benzene rings is 2. The van der Waals surface area contributed by atoms with Crippen LogP contribution in [-0.2, 0) is 12.8 Å². The minimum atomic E-state index is 0.827. The molecule has 4 rings (SSSR count). The molecule has 2 heterocycles. The van der Waals surface area contributed by atoms with E-state index in [1.165, 1.54) is 0 Å². The summed E-state index contributed by atoms with van der Waals surface area (Å²) < 4.78 is 13.9. The first-order chi connectivity index (χ1) is 10.7. The molecule has 0 unspecified atom stereocenters. The van der Waals surface area contributed by atoms with E-state index in [0.29, 0.717) is 0 Å². The Labute approximate surface area is 144 Å². The first-order valence-electron chi connectivity index (χ1n) is 7.03. The molecule has 0 aliphatic carbocycles. The molecule has 4 aromatic rings. The fraction of sp³-hybridized carbons (Fsp3) is 0.111. The highest BCUT2D eigenvalue weighted by Gasteiger charge is 2.08. The van der Waals surface area contributed by atoms with E-state index < -0.39 is 0 Å². The molecule has 0 aliphatic heterocycles. The Hall–Kier alpha value is -1.52. The number of halogens is 2. The van der Waals surface area contributed by atoms with Crippen LogP contribution < -0.4 is 0 Å². The summed E-state index contributed by atoms with van der Waals surface area (Å²) in [6.07, 6.45) is 1.65. The van der Waals surface area contributed by atoms with Gasteiger partial charge < -0.3 is 8.83 Å². The average molecular weight is 420 g/mol. The average Bonchev–Trinajstić information content (AvgIpc) is 3.07. The molecule has 22 heavy (non-hydrogen) atoms. The van der Waals surface area contributed by atoms with Crippen molar-refractivity contribution in [1.29, 1.82) is 0 Å². The van der Waals surface area contributed by atoms with Crippen LogP contribution in [0, 0.1) is 0 Å². The Morgan fingerprint density at radius 2 is 1.09 bits per heavy atom. The van der Waals surface area contributed by atoms with Gasteiger partial charge in [0.25, 0.3) is 0 Å². The van der Waals surface area contributed by atoms with Gasteiger partial charge in [0.05, 0.1) is 0 Å². The van der Waals surface area contributed by atoms with E-state index in [9.17, 15) is 0 Å². The molecule has 4 heteroatoms. The lowest BCUT2D eigenvalue weighted by Crippen LogP contribution is -1.86. The lowest BCUT2D eigenvalue weighted by Gasteiger charge is -1.93. The molecule has 0 N–H and O–H groups in total. The van der Waals surface area contributed by atoms with Crippen molar-refractivity contribution in [3.05, 3.63) is 69.0 Å². The van der Waals surface area contributed by atoms with Gasteiger partial charge in [-0.1, -0.05) is 31.9 Å². The smallest absolute Gasteiger partial charge is 0.134 e. The Balaban J connectivity index is 1.56. The summed E-state index contributed by atoms with van der Waals surface area (Å²) in [4.78, 5) is 0. The van der Waals surface area contributed by atoms with E-state index in [2.05, 4.69) is 56.1 Å². The maximum Gasteiger partial charge on any atom is 0.134 e. The summed E-state index contributed by atoms with van der Waals surface area (Å²) in [6.45, 7) is 0. The number of aryl methyl sites for hydroxylation is 2. The third-order valence-electron chi connectivity index (χ3n) is 3.68. The summed E-state index contributed by atoms with van der Waals surface area (Å²) >= 11 is 6.96. The molecule has 0 saturated carbocycles. The lowest BCUT2D eigenvalue weighted by molar-refractivity contribution is 0.510. The topological polar surface area (TPSA) is 26.3 Å². The quantitative estimate of drug-likeness (QED) is 0.379. The zero-order chi connectivity index (χ0) is 15.1. The van der Waals surface area contributed by atoms with Crippen molar-refractivity contribution in [2.45, 2.75) is 12.8 Å². The first-order valence-corrected chi connectivity index (χ1v) is 8.62. The predicted molar refractivity (Wildman–Crippen MR) is 95.2 cm³/mol. The van der Waals surface area contributed by atoms with Gasteiger partial charge in [0.15, 0.2) is 0 Å². The zero-order valence-electron chi connectivity index (χ0n) is 11.6. The minimum Gasteiger partial charge on any atom is -0.461 e. The van der Waals surface area contributed by atoms with E-state index >= 15 is 0 Å². The van der Waals surface area contributed by atoms with Crippen LogP contribution in [0.5, 0.6) is 0 Å². The van der Waals surface area contributed by atoms with E-state index in [-0.39, 0.29) is 0 Å². The Bertz CT molecular complexity index is 886. The number of hydrogen-bond acceptors (Lipinski definition) is 2. The van der Waals surface area contributed by atoms with Crippen LogP contribution >= 0.6 is 31.9 Å². The summed E-state index contributed by atoms with van der Waals surface area (Å²) in [5, 5.41) is 2.25. The van der Waals surface area contributed by atoms with Gasteiger partial charge in [0, 0.05) is 32.6 Å². The van der Waals surface area contributed by atoms with E-state index in [4.69, 9.17) is 8.83 Å². The monoisotopic (exact) mass is 418 g/mol. The van der Waals surface area contributed by atoms with Gasteiger partial charge in [-0.15, -0.1) is 0 Å². The predicted octanol–water partition coefficient (Wildman–Crippen LogP) is 6.49. The third kappa shape index (κ3) is 2.73. The summed E-state index contributed by atoms with van der Waals surface area (Å²) in [6, 6.07) is 16.3. The van der Waals surface area contributed by atoms with Crippen LogP contribution in [0.1, 0.15) is 11.5 Å². The molecule has 0 radical (unpaired) electrons. The van der Waals surface area contributed by atoms with Gasteiger partial charge in [-0.25, -0.2) is 0 Å². The highest BCUT2D eigenvalue weighted by atomic mass is 79.9. The third-order valence-corrected chi connectivity index (χ3v) is 4.66. The molecule has 0 saturated heterocycles. The van der Waals surface area contributed by atoms with Crippen LogP contribution in [0.15, 0.2) is 66.3 Å². The first kappa shape index (κ1) is 14.1. The van der Waals surface area contributed by atoms with Gasteiger partial charge in [-0.2, -0.15) is 0 Å². The molecule has 0 fully saturated rings. The highest BCUT2D eigenvalue weighted by Crippen LogP contribution is 2.26. The van der Waals surface area contributed by atoms with E-state index in [1.54, 1.807) is 0 Å². The second-order valence-electron chi connectivity index (χ2n) is 5.29. The molecule has 2 nitrogen and oxygen atoms in total. The number of furan rings is 2. The lowest BCUT2D eigenvalue weighted by atomic mass is 10.2. The van der Waals surface area contributed by atoms with Crippen LogP contribution in [0.2, 0.25) is 0 Å². The largest absolute Gasteiger partial charge is 0.461 e. The number of hydrogen-bond donors (Lipinski definition) is 0. The van der Waals surface area contributed by atoms with Crippen molar-refractivity contribution in [3.8, 4) is 0 Å². The Kier molecular flexibility index (Phi) is 3.59. The summed E-state index contributed by atoms with van der Waals surface area (Å²) in [5.41, 5.74) is 1.85. The molecule has 0 bridgehead atoms. The van der Waals surface area contributed by atoms with E-state index in [1.807, 2.05) is 24.3 Å². The molecule has 2 aromatic carbocycles. The van der Waals surface area contributed by atoms with Crippen molar-refractivity contribution in [3.63, 3.8) is 0 Å². The standard InChI is InChI=1S/C18H12Br2O2/c19-13-1-5-17-11(7-13)9-15(21-17)3-4-16-10-12-8-14(20)2-6-18(12)22-16/h1-2,5-10H,3-4H2. The summed E-state index contributed by atoms with van der Waals surface area (Å²) in [5.74, 6) is 1.96. The number of fused-ring (bicyclic) bond motifs is 2. The van der Waals surface area contributed by atoms with Gasteiger partial charge in [0.2, 0.25) is 0 Å². The Morgan fingerprint density at radius 1 is 0.636 bits per heavy atom. The Morgan fingerprint density at radius 3 is 1.55 bits per heavy atom. The van der Waals surface area contributed by atoms with Crippen molar-refractivity contribution in [1.82, 2.24) is 0 Å². The zero-order valence-corrected chi connectivity index (χ0v) is 14.8. The molecule has 0 atom stereocenters. The molecule has 0 spiro atoms. The minimum absolute atomic E-state index is 0.827. The van der Waals surface area contributed by atoms with Crippen molar-refractivity contribution in [2.24, 2.45) is 0 Å². The van der Waals surface area contributed by atoms with E-state index in [0.717, 1.165) is 55.2 Å². The molecular weight excluding hydrogens is 408 g/mol. The van der Waals surface area contributed by atoms with Crippen LogP contribution in [0.25, 0.3) is 21.9 Å². The van der Waals surface area contributed by atoms with Crippen molar-refractivity contribution in [2.75, 3.05) is 0 Å². The molecule has 0 aliphatic rings. The molecular formula is C18H12Br2O2. The van der Waals surface area contributed by atoms with Crippen LogP contribution in [-0.4, -0.2) is 0 Å². The molecule has 2 aromatic heterocycles. The van der Waals surface area contributed by atoms with Gasteiger partial charge in [0.1, 0.15) is 22.7 Å². The fourth-order valence-electron chi connectivity index (χ4n) is 2.63. The maximum atomic E-state index is 5.87. The van der Waals surface area contributed by atoms with Crippen molar-refractivity contribution >= 4 is 53.8 Å². The second-order valence-corrected chi connectivity index (χ2v) is 7.12. The van der Waals surface area contributed by atoms with Crippen LogP contribution in [0.4, 0.5) is 0 Å².